The number of benzene rings is 1. The SMILES string of the molecule is COC(=O)/C=C(/Nc1c(Cl)cc(Cl)c(F)c1C#N)C(=O)OC. The molecule has 1 N–H and O–H groups in total. The van der Waals surface area contributed by atoms with Crippen molar-refractivity contribution in [2.45, 2.75) is 0 Å². The van der Waals surface area contributed by atoms with Gasteiger partial charge in [0, 0.05) is 0 Å². The average molecular weight is 347 g/mol. The van der Waals surface area contributed by atoms with Crippen molar-refractivity contribution < 1.29 is 23.5 Å². The number of halogens is 3. The minimum Gasteiger partial charge on any atom is -0.466 e. The fourth-order valence-corrected chi connectivity index (χ4v) is 1.90. The monoisotopic (exact) mass is 346 g/mol. The molecule has 116 valence electrons. The highest BCUT2D eigenvalue weighted by Crippen LogP contribution is 2.33. The zero-order valence-electron chi connectivity index (χ0n) is 11.4. The summed E-state index contributed by atoms with van der Waals surface area (Å²) in [4.78, 5) is 22.9. The van der Waals surface area contributed by atoms with Crippen LogP contribution >= 0.6 is 23.2 Å². The summed E-state index contributed by atoms with van der Waals surface area (Å²) < 4.78 is 22.7. The van der Waals surface area contributed by atoms with Crippen molar-refractivity contribution in [1.29, 1.82) is 5.26 Å². The normalized spacial score (nSPS) is 10.6. The van der Waals surface area contributed by atoms with E-state index in [4.69, 9.17) is 28.5 Å². The van der Waals surface area contributed by atoms with E-state index in [-0.39, 0.29) is 15.7 Å². The molecule has 0 atom stereocenters. The number of hydrogen-bond acceptors (Lipinski definition) is 6. The molecular weight excluding hydrogens is 338 g/mol. The highest BCUT2D eigenvalue weighted by Gasteiger charge is 2.21. The summed E-state index contributed by atoms with van der Waals surface area (Å²) in [6.45, 7) is 0. The van der Waals surface area contributed by atoms with Gasteiger partial charge >= 0.3 is 11.9 Å². The third kappa shape index (κ3) is 3.87. The number of esters is 2. The summed E-state index contributed by atoms with van der Waals surface area (Å²) in [5, 5.41) is 10.9. The molecule has 0 spiro atoms. The van der Waals surface area contributed by atoms with E-state index in [1.165, 1.54) is 0 Å². The second-order valence-corrected chi connectivity index (χ2v) is 4.53. The highest BCUT2D eigenvalue weighted by atomic mass is 35.5. The Labute approximate surface area is 135 Å². The molecule has 0 unspecified atom stereocenters. The van der Waals surface area contributed by atoms with Gasteiger partial charge in [-0.05, 0) is 6.07 Å². The maximum absolute atomic E-state index is 13.8. The molecule has 0 bridgehead atoms. The summed E-state index contributed by atoms with van der Waals surface area (Å²) in [6.07, 6.45) is 0.774. The number of carbonyl (C=O) groups is 2. The van der Waals surface area contributed by atoms with Crippen molar-refractivity contribution in [1.82, 2.24) is 0 Å². The van der Waals surface area contributed by atoms with Gasteiger partial charge in [0.15, 0.2) is 5.82 Å². The van der Waals surface area contributed by atoms with Crippen LogP contribution in [0, 0.1) is 17.1 Å². The number of rotatable bonds is 4. The van der Waals surface area contributed by atoms with Crippen LogP contribution in [0.3, 0.4) is 0 Å². The number of nitrogens with one attached hydrogen (secondary N) is 1. The minimum atomic E-state index is -1.02. The Balaban J connectivity index is 3.40. The lowest BCUT2D eigenvalue weighted by atomic mass is 10.1. The van der Waals surface area contributed by atoms with Crippen LogP contribution < -0.4 is 5.32 Å². The number of methoxy groups -OCH3 is 2. The average Bonchev–Trinajstić information content (AvgIpc) is 2.50. The molecule has 0 heterocycles. The highest BCUT2D eigenvalue weighted by molar-refractivity contribution is 6.37. The van der Waals surface area contributed by atoms with E-state index in [0.717, 1.165) is 26.4 Å². The summed E-state index contributed by atoms with van der Waals surface area (Å²) in [6, 6.07) is 2.62. The Morgan fingerprint density at radius 1 is 1.32 bits per heavy atom. The Morgan fingerprint density at radius 2 is 1.95 bits per heavy atom. The van der Waals surface area contributed by atoms with E-state index < -0.39 is 29.0 Å². The van der Waals surface area contributed by atoms with Gasteiger partial charge < -0.3 is 14.8 Å². The van der Waals surface area contributed by atoms with Gasteiger partial charge in [-0.2, -0.15) is 5.26 Å². The number of anilines is 1. The summed E-state index contributed by atoms with van der Waals surface area (Å²) >= 11 is 11.5. The van der Waals surface area contributed by atoms with Gasteiger partial charge in [0.1, 0.15) is 17.3 Å². The Hall–Kier alpha value is -2.30. The molecule has 0 aliphatic heterocycles. The van der Waals surface area contributed by atoms with Crippen LogP contribution in [-0.4, -0.2) is 26.2 Å². The molecule has 1 aromatic rings. The van der Waals surface area contributed by atoms with Gasteiger partial charge in [-0.15, -0.1) is 0 Å². The summed E-state index contributed by atoms with van der Waals surface area (Å²) in [5.41, 5.74) is -1.14. The van der Waals surface area contributed by atoms with E-state index in [1.54, 1.807) is 6.07 Å². The molecular formula is C13H9Cl2FN2O4. The van der Waals surface area contributed by atoms with Crippen molar-refractivity contribution in [3.05, 3.63) is 39.3 Å². The van der Waals surface area contributed by atoms with E-state index in [2.05, 4.69) is 14.8 Å². The predicted molar refractivity (Wildman–Crippen MR) is 76.9 cm³/mol. The third-order valence-corrected chi connectivity index (χ3v) is 2.98. The molecule has 0 saturated heterocycles. The van der Waals surface area contributed by atoms with Crippen molar-refractivity contribution in [3.8, 4) is 6.07 Å². The fraction of sp³-hybridized carbons (Fsp3) is 0.154. The molecule has 1 rings (SSSR count). The molecule has 9 heteroatoms. The topological polar surface area (TPSA) is 88.4 Å². The predicted octanol–water partition coefficient (Wildman–Crippen LogP) is 2.65. The fourth-order valence-electron chi connectivity index (χ4n) is 1.39. The molecule has 0 aliphatic rings. The molecule has 22 heavy (non-hydrogen) atoms. The van der Waals surface area contributed by atoms with Gasteiger partial charge in [-0.3, -0.25) is 0 Å². The van der Waals surface area contributed by atoms with E-state index in [9.17, 15) is 14.0 Å². The lowest BCUT2D eigenvalue weighted by Crippen LogP contribution is -2.16. The van der Waals surface area contributed by atoms with Crippen molar-refractivity contribution >= 4 is 40.8 Å². The first-order chi connectivity index (χ1) is 10.3. The quantitative estimate of drug-likeness (QED) is 0.512. The van der Waals surface area contributed by atoms with Crippen LogP contribution in [0.4, 0.5) is 10.1 Å². The van der Waals surface area contributed by atoms with Crippen LogP contribution in [-0.2, 0) is 19.1 Å². The summed E-state index contributed by atoms with van der Waals surface area (Å²) in [7, 11) is 2.17. The number of hydrogen-bond donors (Lipinski definition) is 1. The van der Waals surface area contributed by atoms with E-state index >= 15 is 0 Å². The van der Waals surface area contributed by atoms with Crippen molar-refractivity contribution in [2.75, 3.05) is 19.5 Å². The molecule has 0 aliphatic carbocycles. The molecule has 0 amide bonds. The first kappa shape index (κ1) is 17.8. The van der Waals surface area contributed by atoms with Gasteiger partial charge in [-0.1, -0.05) is 23.2 Å². The standard InChI is InChI=1S/C13H9Cl2FN2O4/c1-21-10(19)4-9(13(20)22-2)18-12-6(5-17)11(16)7(14)3-8(12)15/h3-4,18H,1-2H3/b9-4+. The Kier molecular flexibility index (Phi) is 6.16. The number of nitriles is 1. The second kappa shape index (κ2) is 7.64. The zero-order valence-corrected chi connectivity index (χ0v) is 12.9. The first-order valence-electron chi connectivity index (χ1n) is 5.58. The number of carbonyl (C=O) groups excluding carboxylic acids is 2. The largest absolute Gasteiger partial charge is 0.466 e. The smallest absolute Gasteiger partial charge is 0.354 e. The lowest BCUT2D eigenvalue weighted by Gasteiger charge is -2.13. The molecule has 0 fully saturated rings. The Bertz CT molecular complexity index is 698. The molecule has 0 radical (unpaired) electrons. The van der Waals surface area contributed by atoms with Crippen molar-refractivity contribution in [2.24, 2.45) is 0 Å². The van der Waals surface area contributed by atoms with Gasteiger partial charge in [-0.25, -0.2) is 14.0 Å². The van der Waals surface area contributed by atoms with Crippen molar-refractivity contribution in [3.63, 3.8) is 0 Å². The third-order valence-electron chi connectivity index (χ3n) is 2.41. The van der Waals surface area contributed by atoms with Crippen LogP contribution in [0.15, 0.2) is 17.8 Å². The molecule has 0 saturated carbocycles. The second-order valence-electron chi connectivity index (χ2n) is 3.71. The van der Waals surface area contributed by atoms with Crippen LogP contribution in [0.25, 0.3) is 0 Å². The first-order valence-corrected chi connectivity index (χ1v) is 6.33. The maximum atomic E-state index is 13.8. The van der Waals surface area contributed by atoms with E-state index in [0.29, 0.717) is 0 Å². The maximum Gasteiger partial charge on any atom is 0.354 e. The summed E-state index contributed by atoms with van der Waals surface area (Å²) in [5.74, 6) is -2.82. The van der Waals surface area contributed by atoms with Crippen LogP contribution in [0.2, 0.25) is 10.0 Å². The zero-order chi connectivity index (χ0) is 16.9. The number of nitrogens with zero attached hydrogens (tertiary/aromatic N) is 1. The Morgan fingerprint density at radius 3 is 2.45 bits per heavy atom. The van der Waals surface area contributed by atoms with E-state index in [1.807, 2.05) is 0 Å². The van der Waals surface area contributed by atoms with Crippen LogP contribution in [0.1, 0.15) is 5.56 Å². The minimum absolute atomic E-state index is 0.123. The van der Waals surface area contributed by atoms with Crippen LogP contribution in [0.5, 0.6) is 0 Å². The van der Waals surface area contributed by atoms with Gasteiger partial charge in [0.05, 0.1) is 36.0 Å². The van der Waals surface area contributed by atoms with Gasteiger partial charge in [0.25, 0.3) is 0 Å². The lowest BCUT2D eigenvalue weighted by molar-refractivity contribution is -0.138. The molecule has 1 aromatic carbocycles. The number of ether oxygens (including phenoxy) is 2. The molecule has 0 aromatic heterocycles. The van der Waals surface area contributed by atoms with Gasteiger partial charge in [0.2, 0.25) is 0 Å². The molecule has 6 nitrogen and oxygen atoms in total.